The summed E-state index contributed by atoms with van der Waals surface area (Å²) >= 11 is 0. The van der Waals surface area contributed by atoms with Crippen LogP contribution in [0.25, 0.3) is 0 Å². The van der Waals surface area contributed by atoms with Gasteiger partial charge in [-0.05, 0) is 0 Å². The largest absolute Gasteiger partial charge is 1.00 e. The van der Waals surface area contributed by atoms with Crippen molar-refractivity contribution in [1.82, 2.24) is 0 Å². The van der Waals surface area contributed by atoms with Gasteiger partial charge in [0.25, 0.3) is 0 Å². The molecule has 0 heterocycles. The standard InChI is InChI=1S/C2.2Cu.H2O/c1-2;;;/h;;;1H2/q-2;2*+1;. The molecule has 0 saturated heterocycles. The third kappa shape index (κ3) is 95.5. The van der Waals surface area contributed by atoms with Crippen LogP contribution in [0.1, 0.15) is 0 Å². The van der Waals surface area contributed by atoms with E-state index in [0.717, 1.165) is 0 Å². The Morgan fingerprint density at radius 2 is 0.800 bits per heavy atom. The molecule has 3 heteroatoms. The van der Waals surface area contributed by atoms with Gasteiger partial charge in [-0.3, -0.25) is 0 Å². The fourth-order valence-corrected chi connectivity index (χ4v) is 0. The molecule has 38 valence electrons. The summed E-state index contributed by atoms with van der Waals surface area (Å²) in [6.07, 6.45) is 10.0. The summed E-state index contributed by atoms with van der Waals surface area (Å²) in [7, 11) is 0. The predicted molar refractivity (Wildman–Crippen MR) is 10.1 cm³/mol. The zero-order chi connectivity index (χ0) is 2.00. The molecule has 0 fully saturated rings. The summed E-state index contributed by atoms with van der Waals surface area (Å²) in [6, 6.07) is 0. The van der Waals surface area contributed by atoms with Crippen LogP contribution >= 0.6 is 0 Å². The molecule has 0 unspecified atom stereocenters. The van der Waals surface area contributed by atoms with E-state index in [4.69, 9.17) is 12.8 Å². The van der Waals surface area contributed by atoms with Crippen molar-refractivity contribution in [1.29, 1.82) is 0 Å². The first-order chi connectivity index (χ1) is 1.00. The number of hydrogen-bond donors (Lipinski definition) is 0. The van der Waals surface area contributed by atoms with Crippen molar-refractivity contribution < 1.29 is 39.6 Å². The molecule has 0 spiro atoms. The normalized spacial score (nSPS) is 0.400. The fraction of sp³-hybridized carbons (Fsp3) is 0. The van der Waals surface area contributed by atoms with Gasteiger partial charge in [0, 0.05) is 0 Å². The van der Waals surface area contributed by atoms with Gasteiger partial charge in [-0.1, -0.05) is 0 Å². The molecule has 0 bridgehead atoms. The number of hydrogen-bond acceptors (Lipinski definition) is 0. The van der Waals surface area contributed by atoms with Gasteiger partial charge in [0.05, 0.1) is 0 Å². The van der Waals surface area contributed by atoms with Crippen molar-refractivity contribution >= 4 is 0 Å². The van der Waals surface area contributed by atoms with E-state index in [1.165, 1.54) is 0 Å². The maximum absolute atomic E-state index is 5.00. The average molecular weight is 169 g/mol. The Morgan fingerprint density at radius 1 is 0.800 bits per heavy atom. The van der Waals surface area contributed by atoms with E-state index in [0.29, 0.717) is 0 Å². The smallest absolute Gasteiger partial charge is 1.00 e. The zero-order valence-corrected chi connectivity index (χ0v) is 3.99. The molecule has 0 aromatic carbocycles. The Morgan fingerprint density at radius 3 is 0.800 bits per heavy atom. The first-order valence-corrected chi connectivity index (χ1v) is 0.250. The summed E-state index contributed by atoms with van der Waals surface area (Å²) in [6.45, 7) is 0. The molecular formula is C2H2Cu2O. The van der Waals surface area contributed by atoms with Gasteiger partial charge in [-0.15, -0.1) is 0 Å². The minimum Gasteiger partial charge on any atom is -1.00 e. The van der Waals surface area contributed by atoms with Gasteiger partial charge in [0.15, 0.2) is 0 Å². The molecule has 0 amide bonds. The van der Waals surface area contributed by atoms with Crippen molar-refractivity contribution in [3.8, 4) is 0 Å². The molecular weight excluding hydrogens is 167 g/mol. The second-order valence-corrected chi connectivity index (χ2v) is 0. The van der Waals surface area contributed by atoms with Gasteiger partial charge in [-0.2, -0.15) is 0 Å². The SMILES string of the molecule is O.[C-]#[C-].[Cu+].[Cu+]. The first kappa shape index (κ1) is 47.5. The summed E-state index contributed by atoms with van der Waals surface area (Å²) in [5.74, 6) is 0. The van der Waals surface area contributed by atoms with E-state index in [9.17, 15) is 0 Å². The Kier molecular flexibility index (Phi) is 1760. The minimum absolute atomic E-state index is 0. The second-order valence-electron chi connectivity index (χ2n) is 0. The van der Waals surface area contributed by atoms with Crippen LogP contribution in [0, 0.1) is 12.8 Å². The van der Waals surface area contributed by atoms with Crippen LogP contribution in [0.3, 0.4) is 0 Å². The predicted octanol–water partition coefficient (Wildman–Crippen LogP) is -0.667. The van der Waals surface area contributed by atoms with Crippen LogP contribution < -0.4 is 0 Å². The van der Waals surface area contributed by atoms with Gasteiger partial charge in [0.1, 0.15) is 0 Å². The summed E-state index contributed by atoms with van der Waals surface area (Å²) in [4.78, 5) is 0. The van der Waals surface area contributed by atoms with Crippen LogP contribution in [-0.4, -0.2) is 5.48 Å². The van der Waals surface area contributed by atoms with E-state index >= 15 is 0 Å². The molecule has 1 nitrogen and oxygen atoms in total. The Bertz CT molecular complexity index is 12.4. The van der Waals surface area contributed by atoms with Crippen molar-refractivity contribution in [3.05, 3.63) is 12.8 Å². The maximum atomic E-state index is 5.00. The molecule has 0 rings (SSSR count). The Labute approximate surface area is 52.8 Å². The molecule has 0 radical (unpaired) electrons. The molecule has 0 aromatic rings. The van der Waals surface area contributed by atoms with Gasteiger partial charge >= 0.3 is 34.1 Å². The quantitative estimate of drug-likeness (QED) is 0.262. The molecule has 0 aliphatic carbocycles. The van der Waals surface area contributed by atoms with Crippen LogP contribution in [0.15, 0.2) is 0 Å². The van der Waals surface area contributed by atoms with Crippen LogP contribution in [0.2, 0.25) is 0 Å². The van der Waals surface area contributed by atoms with E-state index in [2.05, 4.69) is 0 Å². The molecule has 2 N–H and O–H groups in total. The zero-order valence-electron chi connectivity index (χ0n) is 2.10. The second kappa shape index (κ2) is 185. The maximum Gasteiger partial charge on any atom is 1.00 e. The minimum atomic E-state index is 0. The van der Waals surface area contributed by atoms with Gasteiger partial charge in [-0.25, -0.2) is 0 Å². The van der Waals surface area contributed by atoms with Crippen molar-refractivity contribution in [3.63, 3.8) is 0 Å². The summed E-state index contributed by atoms with van der Waals surface area (Å²) < 4.78 is 0. The van der Waals surface area contributed by atoms with Crippen LogP contribution in [-0.2, 0) is 34.1 Å². The third-order valence-corrected chi connectivity index (χ3v) is 0. The summed E-state index contributed by atoms with van der Waals surface area (Å²) in [5.41, 5.74) is 0. The number of rotatable bonds is 0. The fourth-order valence-electron chi connectivity index (χ4n) is 0. The van der Waals surface area contributed by atoms with Gasteiger partial charge < -0.3 is 18.3 Å². The van der Waals surface area contributed by atoms with E-state index < -0.39 is 0 Å². The molecule has 0 atom stereocenters. The van der Waals surface area contributed by atoms with Crippen LogP contribution in [0.5, 0.6) is 0 Å². The molecule has 0 aliphatic heterocycles. The molecule has 0 saturated carbocycles. The van der Waals surface area contributed by atoms with Crippen molar-refractivity contribution in [2.75, 3.05) is 0 Å². The summed E-state index contributed by atoms with van der Waals surface area (Å²) in [5, 5.41) is 0. The first-order valence-electron chi connectivity index (χ1n) is 0.250. The third-order valence-electron chi connectivity index (χ3n) is 0. The molecule has 0 aliphatic rings. The van der Waals surface area contributed by atoms with Gasteiger partial charge in [0.2, 0.25) is 0 Å². The monoisotopic (exact) mass is 168 g/mol. The van der Waals surface area contributed by atoms with Crippen molar-refractivity contribution in [2.45, 2.75) is 0 Å². The van der Waals surface area contributed by atoms with Crippen LogP contribution in [0.4, 0.5) is 0 Å². The molecule has 5 heavy (non-hydrogen) atoms. The molecule has 0 aromatic heterocycles. The van der Waals surface area contributed by atoms with E-state index in [-0.39, 0.29) is 39.6 Å². The average Bonchev–Trinajstić information content (AvgIpc) is 1.00. The Balaban J connectivity index is -0.00000000167. The van der Waals surface area contributed by atoms with E-state index in [1.807, 2.05) is 0 Å². The van der Waals surface area contributed by atoms with Crippen molar-refractivity contribution in [2.24, 2.45) is 0 Å². The van der Waals surface area contributed by atoms with E-state index in [1.54, 1.807) is 0 Å². The topological polar surface area (TPSA) is 31.5 Å². The Hall–Kier alpha value is 0.559.